The first-order valence-corrected chi connectivity index (χ1v) is 8.77. The molecular weight excluding hydrogens is 578 g/mol. The van der Waals surface area contributed by atoms with Gasteiger partial charge in [-0.2, -0.15) is 0 Å². The van der Waals surface area contributed by atoms with E-state index in [0.717, 1.165) is 5.56 Å². The molecule has 0 spiro atoms. The average Bonchev–Trinajstić information content (AvgIpc) is 3.39. The fourth-order valence-electron chi connectivity index (χ4n) is 2.29. The van der Waals surface area contributed by atoms with Crippen LogP contribution in [0, 0.1) is 39.8 Å². The third kappa shape index (κ3) is 22.4. The summed E-state index contributed by atoms with van der Waals surface area (Å²) in [6.07, 6.45) is 6.32. The van der Waals surface area contributed by atoms with Gasteiger partial charge in [0, 0.05) is 28.2 Å². The predicted octanol–water partition coefficient (Wildman–Crippen LogP) is 4.40. The van der Waals surface area contributed by atoms with Crippen LogP contribution >= 0.6 is 0 Å². The summed E-state index contributed by atoms with van der Waals surface area (Å²) in [5.74, 6) is 0. The van der Waals surface area contributed by atoms with E-state index in [2.05, 4.69) is 73.7 Å². The molecule has 2 aromatic carbocycles. The topological polar surface area (TPSA) is 92.1 Å². The first-order valence-electron chi connectivity index (χ1n) is 8.77. The quantitative estimate of drug-likeness (QED) is 0.376. The molecule has 1 saturated heterocycles. The van der Waals surface area contributed by atoms with Crippen molar-refractivity contribution in [3.63, 3.8) is 0 Å². The maximum Gasteiger partial charge on any atom is 0.0963 e. The van der Waals surface area contributed by atoms with Gasteiger partial charge in [-0.05, 0) is 43.1 Å². The van der Waals surface area contributed by atoms with Crippen LogP contribution in [0.15, 0.2) is 66.7 Å². The Morgan fingerprint density at radius 3 is 1.66 bits per heavy atom. The predicted molar refractivity (Wildman–Crippen MR) is 111 cm³/mol. The van der Waals surface area contributed by atoms with Gasteiger partial charge in [0.2, 0.25) is 0 Å². The zero-order valence-electron chi connectivity index (χ0n) is 17.7. The zero-order chi connectivity index (χ0) is 24.2. The number of methoxy groups -OCH3 is 1. The molecule has 0 aliphatic carbocycles. The fraction of sp³-hybridized carbons (Fsp3) is 0.200. The first kappa shape index (κ1) is 37.1. The smallest absolute Gasteiger partial charge is 0.0963 e. The van der Waals surface area contributed by atoms with Crippen molar-refractivity contribution >= 4 is 6.08 Å². The van der Waals surface area contributed by atoms with E-state index in [1.165, 1.54) is 31.5 Å². The molecule has 0 amide bonds. The molecule has 0 atom stereocenters. The van der Waals surface area contributed by atoms with E-state index in [9.17, 15) is 0 Å². The molecule has 0 bridgehead atoms. The largest absolute Gasteiger partial charge is 0.290 e. The monoisotopic (exact) mass is 601 g/mol. The van der Waals surface area contributed by atoms with Crippen LogP contribution in [0.1, 0.15) is 24.0 Å². The third-order valence-electron chi connectivity index (χ3n) is 3.43. The van der Waals surface area contributed by atoms with Gasteiger partial charge in [0.15, 0.2) is 6.61 Å². The maximum absolute atomic E-state index is 7.50. The Kier molecular flexibility index (Phi) is 38.7. The minimum atomic E-state index is 0. The molecule has 0 saturated carbocycles. The number of rotatable bonds is 5. The van der Waals surface area contributed by atoms with Crippen LogP contribution in [0.3, 0.4) is 0 Å². The number of benzene rings is 2. The van der Waals surface area contributed by atoms with Crippen molar-refractivity contribution in [3.8, 4) is 0 Å². The second-order valence-electron chi connectivity index (χ2n) is 5.24. The zero-order valence-corrected chi connectivity index (χ0v) is 20.6. The fourth-order valence-corrected chi connectivity index (χ4v) is 2.29. The second-order valence-corrected chi connectivity index (χ2v) is 5.24. The summed E-state index contributed by atoms with van der Waals surface area (Å²) in [4.78, 5) is 2.27. The Bertz CT molecular complexity index is 697. The van der Waals surface area contributed by atoms with Crippen LogP contribution in [-0.2, 0) is 44.4 Å². The molecule has 0 unspecified atom stereocenters. The first-order chi connectivity index (χ1) is 15.4. The van der Waals surface area contributed by atoms with Gasteiger partial charge in [-0.3, -0.25) is 4.90 Å². The number of hydrogen-bond acceptors (Lipinski definition) is 2. The molecule has 32 heavy (non-hydrogen) atoms. The van der Waals surface area contributed by atoms with Gasteiger partial charge in [-0.1, -0.05) is 66.7 Å². The van der Waals surface area contributed by atoms with Crippen molar-refractivity contribution in [1.82, 2.24) is 4.90 Å². The van der Waals surface area contributed by atoms with Gasteiger partial charge in [0.1, 0.15) is 0 Å². The molecule has 1 aliphatic heterocycles. The Balaban J connectivity index is -0.000000183. The average molecular weight is 601 g/mol. The summed E-state index contributed by atoms with van der Waals surface area (Å²) < 4.78 is 34.6. The van der Waals surface area contributed by atoms with E-state index in [0.29, 0.717) is 0 Å². The summed E-state index contributed by atoms with van der Waals surface area (Å²) in [5.41, 5.74) is 2.34. The molecule has 3 rings (SSSR count). The Morgan fingerprint density at radius 2 is 1.22 bits per heavy atom. The Morgan fingerprint density at radius 1 is 0.781 bits per heavy atom. The summed E-state index contributed by atoms with van der Waals surface area (Å²) in [5, 5.41) is 0. The van der Waals surface area contributed by atoms with E-state index < -0.39 is 0 Å². The van der Waals surface area contributed by atoms with E-state index in [1.54, 1.807) is 13.2 Å². The van der Waals surface area contributed by atoms with Crippen molar-refractivity contribution < 1.29 is 44.4 Å². The minimum absolute atomic E-state index is 0. The standard InChI is InChI=1S/C11H13N.C10H10O.4CO.W/c1-2-6-11(7-3-1)10-12-8-4-5-9-12;1-11-9-5-8-10-6-3-2-4-7-10;4*1-2;/h1-3,6-7H,4-5,8-9H2;2-8H,1H3;;;;;/b;8-5+;;;;;. The van der Waals surface area contributed by atoms with Gasteiger partial charge in [0.05, 0.1) is 6.54 Å². The van der Waals surface area contributed by atoms with Gasteiger partial charge >= 0.3 is 45.2 Å². The SMILES string of the molecule is CO[C]/C=C/c1ccccc1.[C-]#[O+].[C-]#[O+].[C-]#[O+].[C-]#[O+].[C](c1ccccc1)N1CCCC1.[W]. The molecule has 1 aliphatic rings. The molecule has 0 aromatic heterocycles. The van der Waals surface area contributed by atoms with E-state index in [1.807, 2.05) is 42.5 Å². The van der Waals surface area contributed by atoms with Crippen LogP contribution in [-0.4, -0.2) is 25.1 Å². The summed E-state index contributed by atoms with van der Waals surface area (Å²) in [6.45, 7) is 26.3. The van der Waals surface area contributed by atoms with Crippen LogP contribution in [0.5, 0.6) is 0 Å². The van der Waals surface area contributed by atoms with Gasteiger partial charge in [-0.25, -0.2) is 0 Å². The Hall–Kier alpha value is -2.25. The Labute approximate surface area is 205 Å². The molecule has 0 N–H and O–H groups in total. The number of likely N-dealkylation sites (tertiary alicyclic amines) is 1. The van der Waals surface area contributed by atoms with Crippen molar-refractivity contribution in [2.75, 3.05) is 20.2 Å². The van der Waals surface area contributed by atoms with Gasteiger partial charge < -0.3 is 4.74 Å². The second kappa shape index (κ2) is 33.4. The van der Waals surface area contributed by atoms with Crippen molar-refractivity contribution in [2.24, 2.45) is 0 Å². The number of hydrogen-bond donors (Lipinski definition) is 0. The van der Waals surface area contributed by atoms with E-state index in [4.69, 9.17) is 18.6 Å². The normalized spacial score (nSPS) is 10.8. The van der Waals surface area contributed by atoms with Gasteiger partial charge in [0.25, 0.3) is 0 Å². The van der Waals surface area contributed by atoms with Crippen molar-refractivity contribution in [1.29, 1.82) is 0 Å². The number of ether oxygens (including phenoxy) is 1. The van der Waals surface area contributed by atoms with Gasteiger partial charge in [-0.15, -0.1) is 0 Å². The third-order valence-corrected chi connectivity index (χ3v) is 3.43. The maximum atomic E-state index is 7.50. The van der Waals surface area contributed by atoms with Crippen LogP contribution in [0.2, 0.25) is 0 Å². The van der Waals surface area contributed by atoms with Crippen molar-refractivity contribution in [2.45, 2.75) is 12.8 Å². The molecule has 7 heteroatoms. The molecule has 1 heterocycles. The molecule has 1 fully saturated rings. The van der Waals surface area contributed by atoms with Crippen LogP contribution < -0.4 is 0 Å². The van der Waals surface area contributed by atoms with E-state index >= 15 is 0 Å². The summed E-state index contributed by atoms with van der Waals surface area (Å²) in [6, 6.07) is 20.4. The minimum Gasteiger partial charge on any atom is -0.290 e. The molecule has 6 nitrogen and oxygen atoms in total. The molecule has 2 aromatic rings. The summed E-state index contributed by atoms with van der Waals surface area (Å²) in [7, 11) is 1.58. The van der Waals surface area contributed by atoms with Crippen LogP contribution in [0.25, 0.3) is 6.08 Å². The number of nitrogens with zero attached hydrogens (tertiary/aromatic N) is 1. The van der Waals surface area contributed by atoms with E-state index in [-0.39, 0.29) is 21.1 Å². The molecule has 164 valence electrons. The van der Waals surface area contributed by atoms with Crippen molar-refractivity contribution in [3.05, 3.63) is 118 Å². The summed E-state index contributed by atoms with van der Waals surface area (Å²) >= 11 is 0. The molecule has 4 radical (unpaired) electrons. The molecular formula is C25H23NO5W. The van der Waals surface area contributed by atoms with Crippen LogP contribution in [0.4, 0.5) is 0 Å².